The highest BCUT2D eigenvalue weighted by Crippen LogP contribution is 2.24. The Morgan fingerprint density at radius 3 is 2.46 bits per heavy atom. The topological polar surface area (TPSA) is 49.4 Å². The SMILES string of the molecule is Cl.O=C(c1cc(F)ccc1F)C1CCN(C(=O)C2CCCN2)CC1. The van der Waals surface area contributed by atoms with Crippen LogP contribution in [0.2, 0.25) is 0 Å². The van der Waals surface area contributed by atoms with E-state index in [1.807, 2.05) is 0 Å². The number of nitrogens with zero attached hydrogens (tertiary/aromatic N) is 1. The predicted molar refractivity (Wildman–Crippen MR) is 88.3 cm³/mol. The minimum absolute atomic E-state index is 0. The second-order valence-corrected chi connectivity index (χ2v) is 6.24. The van der Waals surface area contributed by atoms with Crippen LogP contribution in [0.25, 0.3) is 0 Å². The summed E-state index contributed by atoms with van der Waals surface area (Å²) in [5, 5.41) is 3.18. The Hall–Kier alpha value is -1.53. The largest absolute Gasteiger partial charge is 0.341 e. The van der Waals surface area contributed by atoms with E-state index in [9.17, 15) is 18.4 Å². The molecule has 2 saturated heterocycles. The summed E-state index contributed by atoms with van der Waals surface area (Å²) in [7, 11) is 0. The number of rotatable bonds is 3. The lowest BCUT2D eigenvalue weighted by atomic mass is 9.88. The van der Waals surface area contributed by atoms with Crippen molar-refractivity contribution < 1.29 is 18.4 Å². The van der Waals surface area contributed by atoms with Gasteiger partial charge in [-0.05, 0) is 50.4 Å². The fraction of sp³-hybridized carbons (Fsp3) is 0.529. The first-order chi connectivity index (χ1) is 11.1. The smallest absolute Gasteiger partial charge is 0.239 e. The summed E-state index contributed by atoms with van der Waals surface area (Å²) in [5.74, 6) is -1.94. The van der Waals surface area contributed by atoms with E-state index in [1.54, 1.807) is 4.90 Å². The number of hydrogen-bond donors (Lipinski definition) is 1. The molecule has 0 spiro atoms. The van der Waals surface area contributed by atoms with Gasteiger partial charge in [-0.2, -0.15) is 0 Å². The maximum atomic E-state index is 13.7. The zero-order valence-electron chi connectivity index (χ0n) is 13.3. The van der Waals surface area contributed by atoms with E-state index in [1.165, 1.54) is 0 Å². The van der Waals surface area contributed by atoms with Crippen LogP contribution in [0.4, 0.5) is 8.78 Å². The molecular weight excluding hydrogens is 338 g/mol. The van der Waals surface area contributed by atoms with Crippen molar-refractivity contribution in [3.05, 3.63) is 35.4 Å². The number of piperidine rings is 1. The van der Waals surface area contributed by atoms with E-state index < -0.39 is 11.6 Å². The standard InChI is InChI=1S/C17H20F2N2O2.ClH/c18-12-3-4-14(19)13(10-12)16(22)11-5-8-21(9-6-11)17(23)15-2-1-7-20-15;/h3-4,10-11,15,20H,1-2,5-9H2;1H. The minimum atomic E-state index is -0.690. The molecule has 2 aliphatic rings. The third-order valence-electron chi connectivity index (χ3n) is 4.73. The molecule has 1 aromatic rings. The van der Waals surface area contributed by atoms with Gasteiger partial charge in [0.2, 0.25) is 5.91 Å². The van der Waals surface area contributed by atoms with Crippen molar-refractivity contribution in [3.63, 3.8) is 0 Å². The second-order valence-electron chi connectivity index (χ2n) is 6.24. The van der Waals surface area contributed by atoms with Gasteiger partial charge in [-0.3, -0.25) is 9.59 Å². The Bertz CT molecular complexity index is 613. The number of carbonyl (C=O) groups excluding carboxylic acids is 2. The predicted octanol–water partition coefficient (Wildman–Crippen LogP) is 2.56. The van der Waals surface area contributed by atoms with Gasteiger partial charge in [-0.15, -0.1) is 12.4 Å². The number of likely N-dealkylation sites (tertiary alicyclic amines) is 1. The van der Waals surface area contributed by atoms with Crippen molar-refractivity contribution in [1.29, 1.82) is 0 Å². The fourth-order valence-electron chi connectivity index (χ4n) is 3.38. The van der Waals surface area contributed by atoms with Gasteiger partial charge < -0.3 is 10.2 Å². The van der Waals surface area contributed by atoms with Gasteiger partial charge in [0.1, 0.15) is 11.6 Å². The number of halogens is 3. The van der Waals surface area contributed by atoms with Crippen LogP contribution < -0.4 is 5.32 Å². The molecular formula is C17H21ClF2N2O2. The highest BCUT2D eigenvalue weighted by Gasteiger charge is 2.32. The maximum absolute atomic E-state index is 13.7. The van der Waals surface area contributed by atoms with Crippen molar-refractivity contribution in [3.8, 4) is 0 Å². The Morgan fingerprint density at radius 2 is 1.83 bits per heavy atom. The molecule has 2 heterocycles. The first kappa shape index (κ1) is 18.8. The zero-order valence-corrected chi connectivity index (χ0v) is 14.1. The third kappa shape index (κ3) is 3.92. The van der Waals surface area contributed by atoms with Gasteiger partial charge in [0.05, 0.1) is 11.6 Å². The van der Waals surface area contributed by atoms with E-state index in [0.29, 0.717) is 25.9 Å². The number of Topliss-reactive ketones (excluding diaryl/α,β-unsaturated/α-hetero) is 1. The number of benzene rings is 1. The third-order valence-corrected chi connectivity index (χ3v) is 4.73. The van der Waals surface area contributed by atoms with Crippen LogP contribution in [0.15, 0.2) is 18.2 Å². The normalized spacial score (nSPS) is 21.4. The molecule has 2 fully saturated rings. The maximum Gasteiger partial charge on any atom is 0.239 e. The highest BCUT2D eigenvalue weighted by molar-refractivity contribution is 5.98. The lowest BCUT2D eigenvalue weighted by molar-refractivity contribution is -0.134. The molecule has 1 atom stereocenters. The van der Waals surface area contributed by atoms with Crippen LogP contribution in [-0.2, 0) is 4.79 Å². The van der Waals surface area contributed by atoms with E-state index in [0.717, 1.165) is 37.6 Å². The van der Waals surface area contributed by atoms with Crippen molar-refractivity contribution in [2.24, 2.45) is 5.92 Å². The van der Waals surface area contributed by atoms with Gasteiger partial charge in [0, 0.05) is 19.0 Å². The van der Waals surface area contributed by atoms with Crippen LogP contribution >= 0.6 is 12.4 Å². The highest BCUT2D eigenvalue weighted by atomic mass is 35.5. The molecule has 0 radical (unpaired) electrons. The molecule has 3 rings (SSSR count). The lowest BCUT2D eigenvalue weighted by Crippen LogP contribution is -2.47. The average molecular weight is 359 g/mol. The monoisotopic (exact) mass is 358 g/mol. The van der Waals surface area contributed by atoms with Crippen molar-refractivity contribution >= 4 is 24.1 Å². The van der Waals surface area contributed by atoms with Gasteiger partial charge in [0.15, 0.2) is 5.78 Å². The minimum Gasteiger partial charge on any atom is -0.341 e. The van der Waals surface area contributed by atoms with Crippen LogP contribution in [-0.4, -0.2) is 42.3 Å². The van der Waals surface area contributed by atoms with Crippen LogP contribution in [0.3, 0.4) is 0 Å². The molecule has 1 unspecified atom stereocenters. The Kier molecular flexibility index (Phi) is 6.29. The van der Waals surface area contributed by atoms with Crippen LogP contribution in [0.5, 0.6) is 0 Å². The van der Waals surface area contributed by atoms with Crippen molar-refractivity contribution in [2.75, 3.05) is 19.6 Å². The second kappa shape index (κ2) is 8.03. The van der Waals surface area contributed by atoms with Gasteiger partial charge in [-0.25, -0.2) is 8.78 Å². The number of nitrogens with one attached hydrogen (secondary N) is 1. The quantitative estimate of drug-likeness (QED) is 0.845. The van der Waals surface area contributed by atoms with E-state index in [-0.39, 0.29) is 41.6 Å². The molecule has 7 heteroatoms. The van der Waals surface area contributed by atoms with Crippen LogP contribution in [0.1, 0.15) is 36.0 Å². The summed E-state index contributed by atoms with van der Waals surface area (Å²) >= 11 is 0. The van der Waals surface area contributed by atoms with Crippen LogP contribution in [0, 0.1) is 17.6 Å². The van der Waals surface area contributed by atoms with Gasteiger partial charge >= 0.3 is 0 Å². The Balaban J connectivity index is 0.00000208. The molecule has 0 saturated carbocycles. The molecule has 0 bridgehead atoms. The molecule has 0 aromatic heterocycles. The summed E-state index contributed by atoms with van der Waals surface area (Å²) in [6.07, 6.45) is 2.84. The number of hydrogen-bond acceptors (Lipinski definition) is 3. The Morgan fingerprint density at radius 1 is 1.12 bits per heavy atom. The first-order valence-corrected chi connectivity index (χ1v) is 8.07. The zero-order chi connectivity index (χ0) is 16.4. The Labute approximate surface area is 146 Å². The number of carbonyl (C=O) groups is 2. The van der Waals surface area contributed by atoms with E-state index in [4.69, 9.17) is 0 Å². The summed E-state index contributed by atoms with van der Waals surface area (Å²) < 4.78 is 27.0. The number of amides is 1. The summed E-state index contributed by atoms with van der Waals surface area (Å²) in [5.41, 5.74) is -0.188. The van der Waals surface area contributed by atoms with Crippen molar-refractivity contribution in [1.82, 2.24) is 10.2 Å². The van der Waals surface area contributed by atoms with E-state index >= 15 is 0 Å². The molecule has 1 amide bonds. The summed E-state index contributed by atoms with van der Waals surface area (Å²) in [4.78, 5) is 26.5. The average Bonchev–Trinajstić information content (AvgIpc) is 3.10. The lowest BCUT2D eigenvalue weighted by Gasteiger charge is -2.33. The molecule has 24 heavy (non-hydrogen) atoms. The molecule has 0 aliphatic carbocycles. The van der Waals surface area contributed by atoms with Gasteiger partial charge in [0.25, 0.3) is 0 Å². The molecule has 132 valence electrons. The molecule has 4 nitrogen and oxygen atoms in total. The fourth-order valence-corrected chi connectivity index (χ4v) is 3.38. The van der Waals surface area contributed by atoms with Gasteiger partial charge in [-0.1, -0.05) is 0 Å². The molecule has 1 N–H and O–H groups in total. The first-order valence-electron chi connectivity index (χ1n) is 8.07. The van der Waals surface area contributed by atoms with E-state index in [2.05, 4.69) is 5.32 Å². The summed E-state index contributed by atoms with van der Waals surface area (Å²) in [6, 6.07) is 2.83. The molecule has 2 aliphatic heterocycles. The number of ketones is 1. The summed E-state index contributed by atoms with van der Waals surface area (Å²) in [6.45, 7) is 1.85. The van der Waals surface area contributed by atoms with Crippen molar-refractivity contribution in [2.45, 2.75) is 31.7 Å². The molecule has 1 aromatic carbocycles.